The van der Waals surface area contributed by atoms with Crippen LogP contribution in [0.5, 0.6) is 5.75 Å². The van der Waals surface area contributed by atoms with Crippen molar-refractivity contribution in [1.82, 2.24) is 4.98 Å². The monoisotopic (exact) mass is 316 g/mol. The predicted octanol–water partition coefficient (Wildman–Crippen LogP) is 3.57. The maximum absolute atomic E-state index is 10.8. The van der Waals surface area contributed by atoms with E-state index >= 15 is 0 Å². The zero-order valence-electron chi connectivity index (χ0n) is 10.6. The van der Waals surface area contributed by atoms with Crippen molar-refractivity contribution in [3.05, 3.63) is 28.4 Å². The van der Waals surface area contributed by atoms with E-state index < -0.39 is 4.92 Å². The number of pyridine rings is 1. The third kappa shape index (κ3) is 3.41. The lowest BCUT2D eigenvalue weighted by Crippen LogP contribution is -2.29. The summed E-state index contributed by atoms with van der Waals surface area (Å²) in [6.07, 6.45) is 3.29. The molecule has 0 radical (unpaired) electrons. The van der Waals surface area contributed by atoms with Gasteiger partial charge in [-0.2, -0.15) is 0 Å². The Morgan fingerprint density at radius 3 is 2.67 bits per heavy atom. The van der Waals surface area contributed by atoms with Crippen LogP contribution in [-0.2, 0) is 0 Å². The molecule has 0 atom stereocenters. The van der Waals surface area contributed by atoms with Gasteiger partial charge in [-0.15, -0.1) is 0 Å². The summed E-state index contributed by atoms with van der Waals surface area (Å²) in [4.78, 5) is 14.0. The molecule has 18 heavy (non-hydrogen) atoms. The molecule has 1 aromatic heterocycles. The van der Waals surface area contributed by atoms with Crippen molar-refractivity contribution in [2.45, 2.75) is 26.7 Å². The molecule has 0 aliphatic carbocycles. The average Bonchev–Trinajstić information content (AvgIpc) is 2.41. The summed E-state index contributed by atoms with van der Waals surface area (Å²) in [6.45, 7) is 4.62. The predicted molar refractivity (Wildman–Crippen MR) is 73.2 cm³/mol. The van der Waals surface area contributed by atoms with Gasteiger partial charge in [0, 0.05) is 10.7 Å². The number of ether oxygens (including phenoxy) is 1. The molecule has 0 saturated carbocycles. The molecular formula is C12H17BrN2O3. The average molecular weight is 317 g/mol. The molecule has 0 N–H and O–H groups in total. The summed E-state index contributed by atoms with van der Waals surface area (Å²) in [5, 5.41) is 11.6. The molecular weight excluding hydrogens is 300 g/mol. The molecule has 0 spiro atoms. The van der Waals surface area contributed by atoms with Gasteiger partial charge in [-0.25, -0.2) is 0 Å². The van der Waals surface area contributed by atoms with E-state index in [-0.39, 0.29) is 17.0 Å². The number of hydrogen-bond acceptors (Lipinski definition) is 4. The standard InChI is InChI=1S/C12H17BrN2O3/c1-3-12(4-2,8-13)9-18-10-6-5-7-14-11(10)15(16)17/h5-7H,3-4,8-9H2,1-2H3. The molecule has 0 aliphatic rings. The Bertz CT molecular complexity index is 400. The van der Waals surface area contributed by atoms with E-state index in [2.05, 4.69) is 34.8 Å². The maximum atomic E-state index is 10.8. The normalized spacial score (nSPS) is 11.3. The SMILES string of the molecule is CCC(CC)(CBr)COc1cccnc1[N+](=O)[O-]. The van der Waals surface area contributed by atoms with E-state index in [1.165, 1.54) is 6.20 Å². The molecule has 0 aromatic carbocycles. The number of nitrogens with zero attached hydrogens (tertiary/aromatic N) is 2. The first-order valence-electron chi connectivity index (χ1n) is 5.86. The van der Waals surface area contributed by atoms with Gasteiger partial charge in [0.25, 0.3) is 0 Å². The minimum atomic E-state index is -0.525. The van der Waals surface area contributed by atoms with Crippen molar-refractivity contribution in [3.63, 3.8) is 0 Å². The molecule has 0 unspecified atom stereocenters. The van der Waals surface area contributed by atoms with Crippen molar-refractivity contribution in [2.24, 2.45) is 5.41 Å². The third-order valence-corrected chi connectivity index (χ3v) is 4.43. The Morgan fingerprint density at radius 2 is 2.17 bits per heavy atom. The van der Waals surface area contributed by atoms with Crippen LogP contribution in [-0.4, -0.2) is 21.8 Å². The van der Waals surface area contributed by atoms with Crippen LogP contribution >= 0.6 is 15.9 Å². The number of rotatable bonds is 7. The molecule has 100 valence electrons. The van der Waals surface area contributed by atoms with Crippen molar-refractivity contribution < 1.29 is 9.66 Å². The molecule has 0 bridgehead atoms. The van der Waals surface area contributed by atoms with Gasteiger partial charge in [0.15, 0.2) is 0 Å². The van der Waals surface area contributed by atoms with E-state index in [4.69, 9.17) is 4.74 Å². The largest absolute Gasteiger partial charge is 0.485 e. The van der Waals surface area contributed by atoms with Gasteiger partial charge in [0.2, 0.25) is 5.75 Å². The quantitative estimate of drug-likeness (QED) is 0.438. The van der Waals surface area contributed by atoms with E-state index in [0.717, 1.165) is 18.2 Å². The second-order valence-corrected chi connectivity index (χ2v) is 4.77. The highest BCUT2D eigenvalue weighted by Crippen LogP contribution is 2.31. The fraction of sp³-hybridized carbons (Fsp3) is 0.583. The molecule has 1 rings (SSSR count). The minimum absolute atomic E-state index is 0.00368. The van der Waals surface area contributed by atoms with Crippen molar-refractivity contribution in [1.29, 1.82) is 0 Å². The lowest BCUT2D eigenvalue weighted by Gasteiger charge is -2.28. The number of halogens is 1. The molecule has 0 amide bonds. The van der Waals surface area contributed by atoms with Crippen LogP contribution in [0, 0.1) is 15.5 Å². The first-order chi connectivity index (χ1) is 8.58. The molecule has 0 aliphatic heterocycles. The van der Waals surface area contributed by atoms with Gasteiger partial charge in [0.1, 0.15) is 6.20 Å². The van der Waals surface area contributed by atoms with Crippen LogP contribution in [0.25, 0.3) is 0 Å². The second kappa shape index (κ2) is 6.68. The Hall–Kier alpha value is -1.17. The topological polar surface area (TPSA) is 65.3 Å². The first kappa shape index (κ1) is 14.9. The van der Waals surface area contributed by atoms with Crippen LogP contribution in [0.4, 0.5) is 5.82 Å². The molecule has 1 aromatic rings. The zero-order valence-corrected chi connectivity index (χ0v) is 12.1. The highest BCUT2D eigenvalue weighted by molar-refractivity contribution is 9.09. The first-order valence-corrected chi connectivity index (χ1v) is 6.99. The highest BCUT2D eigenvalue weighted by atomic mass is 79.9. The number of hydrogen-bond donors (Lipinski definition) is 0. The van der Waals surface area contributed by atoms with Crippen LogP contribution < -0.4 is 4.74 Å². The summed E-state index contributed by atoms with van der Waals surface area (Å²) < 4.78 is 5.60. The Balaban J connectivity index is 2.83. The van der Waals surface area contributed by atoms with Crippen molar-refractivity contribution in [3.8, 4) is 5.75 Å². The lowest BCUT2D eigenvalue weighted by atomic mass is 9.86. The van der Waals surface area contributed by atoms with Crippen LogP contribution in [0.2, 0.25) is 0 Å². The van der Waals surface area contributed by atoms with Gasteiger partial charge in [0.05, 0.1) is 6.61 Å². The summed E-state index contributed by atoms with van der Waals surface area (Å²) in [5.74, 6) is 0.00269. The van der Waals surface area contributed by atoms with E-state index in [1.54, 1.807) is 12.1 Å². The Kier molecular flexibility index (Phi) is 5.53. The van der Waals surface area contributed by atoms with Crippen LogP contribution in [0.3, 0.4) is 0 Å². The number of alkyl halides is 1. The second-order valence-electron chi connectivity index (χ2n) is 4.21. The lowest BCUT2D eigenvalue weighted by molar-refractivity contribution is -0.390. The molecule has 6 heteroatoms. The summed E-state index contributed by atoms with van der Waals surface area (Å²) >= 11 is 3.48. The summed E-state index contributed by atoms with van der Waals surface area (Å²) in [7, 11) is 0. The number of nitro groups is 1. The summed E-state index contributed by atoms with van der Waals surface area (Å²) in [6, 6.07) is 3.21. The van der Waals surface area contributed by atoms with Crippen molar-refractivity contribution >= 4 is 21.7 Å². The fourth-order valence-electron chi connectivity index (χ4n) is 1.54. The molecule has 1 heterocycles. The van der Waals surface area contributed by atoms with Crippen LogP contribution in [0.1, 0.15) is 26.7 Å². The Labute approximate surface area is 115 Å². The minimum Gasteiger partial charge on any atom is -0.485 e. The van der Waals surface area contributed by atoms with Crippen LogP contribution in [0.15, 0.2) is 18.3 Å². The van der Waals surface area contributed by atoms with E-state index in [1.807, 2.05) is 0 Å². The smallest absolute Gasteiger partial charge is 0.406 e. The number of aromatic nitrogens is 1. The highest BCUT2D eigenvalue weighted by Gasteiger charge is 2.27. The summed E-state index contributed by atoms with van der Waals surface area (Å²) in [5.41, 5.74) is 0.00368. The van der Waals surface area contributed by atoms with Gasteiger partial charge in [-0.1, -0.05) is 29.8 Å². The molecule has 0 saturated heterocycles. The van der Waals surface area contributed by atoms with Gasteiger partial charge in [-0.05, 0) is 34.9 Å². The van der Waals surface area contributed by atoms with Gasteiger partial charge in [-0.3, -0.25) is 0 Å². The molecule has 0 fully saturated rings. The zero-order chi connectivity index (χ0) is 13.6. The molecule has 5 nitrogen and oxygen atoms in total. The van der Waals surface area contributed by atoms with Gasteiger partial charge < -0.3 is 14.9 Å². The fourth-order valence-corrected chi connectivity index (χ4v) is 2.50. The maximum Gasteiger partial charge on any atom is 0.406 e. The van der Waals surface area contributed by atoms with E-state index in [9.17, 15) is 10.1 Å². The van der Waals surface area contributed by atoms with Gasteiger partial charge >= 0.3 is 5.82 Å². The third-order valence-electron chi connectivity index (χ3n) is 3.24. The van der Waals surface area contributed by atoms with E-state index in [0.29, 0.717) is 6.61 Å². The van der Waals surface area contributed by atoms with Crippen molar-refractivity contribution in [2.75, 3.05) is 11.9 Å². The Morgan fingerprint density at radius 1 is 1.50 bits per heavy atom.